The predicted octanol–water partition coefficient (Wildman–Crippen LogP) is 4.81. The van der Waals surface area contributed by atoms with E-state index in [1.165, 1.54) is 0 Å². The fourth-order valence-electron chi connectivity index (χ4n) is 2.58. The molecule has 120 valence electrons. The monoisotopic (exact) mass is 328 g/mol. The van der Waals surface area contributed by atoms with Gasteiger partial charge in [-0.25, -0.2) is 4.98 Å². The molecule has 0 spiro atoms. The van der Waals surface area contributed by atoms with Crippen LogP contribution in [0, 0.1) is 6.92 Å². The largest absolute Gasteiger partial charge is 0.350 e. The predicted molar refractivity (Wildman–Crippen MR) is 97.6 cm³/mol. The van der Waals surface area contributed by atoms with Crippen LogP contribution in [0.3, 0.4) is 0 Å². The molecule has 0 amide bonds. The molecule has 1 aliphatic rings. The maximum Gasteiger partial charge on any atom is 0.229 e. The molecule has 1 aromatic carbocycles. The van der Waals surface area contributed by atoms with Gasteiger partial charge >= 0.3 is 0 Å². The Balaban J connectivity index is 1.90. The van der Waals surface area contributed by atoms with Crippen molar-refractivity contribution in [3.63, 3.8) is 0 Å². The van der Waals surface area contributed by atoms with E-state index in [1.807, 2.05) is 31.3 Å². The van der Waals surface area contributed by atoms with Crippen LogP contribution >= 0.6 is 11.6 Å². The van der Waals surface area contributed by atoms with Crippen molar-refractivity contribution >= 4 is 35.1 Å². The summed E-state index contributed by atoms with van der Waals surface area (Å²) in [7, 11) is 0. The number of halogens is 1. The first-order valence-electron chi connectivity index (χ1n) is 7.92. The lowest BCUT2D eigenvalue weighted by Crippen LogP contribution is -2.35. The van der Waals surface area contributed by atoms with E-state index in [0.717, 1.165) is 40.6 Å². The Hall–Kier alpha value is -2.07. The number of nitrogens with one attached hydrogen (secondary N) is 1. The normalized spacial score (nSPS) is 14.5. The van der Waals surface area contributed by atoms with Gasteiger partial charge in [0.25, 0.3) is 0 Å². The van der Waals surface area contributed by atoms with Gasteiger partial charge in [-0.1, -0.05) is 36.7 Å². The van der Waals surface area contributed by atoms with E-state index >= 15 is 0 Å². The number of hydrogen-bond acceptors (Lipinski definition) is 4. The molecule has 0 saturated carbocycles. The van der Waals surface area contributed by atoms with Crippen molar-refractivity contribution in [3.05, 3.63) is 46.6 Å². The summed E-state index contributed by atoms with van der Waals surface area (Å²) in [6, 6.07) is 6.30. The van der Waals surface area contributed by atoms with Crippen LogP contribution in [-0.2, 0) is 0 Å². The summed E-state index contributed by atoms with van der Waals surface area (Å²) in [5.74, 6) is 1.57. The molecule has 0 bridgehead atoms. The van der Waals surface area contributed by atoms with Gasteiger partial charge in [-0.15, -0.1) is 0 Å². The van der Waals surface area contributed by atoms with Crippen LogP contribution < -0.4 is 10.2 Å². The molecule has 2 heterocycles. The molecule has 23 heavy (non-hydrogen) atoms. The fraction of sp³-hybridized carbons (Fsp3) is 0.333. The molecule has 0 saturated heterocycles. The lowest BCUT2D eigenvalue weighted by atomic mass is 10.1. The first-order valence-corrected chi connectivity index (χ1v) is 8.29. The fourth-order valence-corrected chi connectivity index (χ4v) is 2.76. The molecule has 1 N–H and O–H groups in total. The lowest BCUT2D eigenvalue weighted by molar-refractivity contribution is 0.632. The third-order valence-corrected chi connectivity index (χ3v) is 4.63. The average molecular weight is 329 g/mol. The maximum absolute atomic E-state index is 6.18. The van der Waals surface area contributed by atoms with Crippen LogP contribution in [-0.4, -0.2) is 22.6 Å². The van der Waals surface area contributed by atoms with Crippen molar-refractivity contribution in [2.24, 2.45) is 0 Å². The van der Waals surface area contributed by atoms with Gasteiger partial charge in [-0.3, -0.25) is 0 Å². The molecule has 0 radical (unpaired) electrons. The van der Waals surface area contributed by atoms with Gasteiger partial charge in [-0.2, -0.15) is 4.98 Å². The van der Waals surface area contributed by atoms with Gasteiger partial charge in [0, 0.05) is 35.1 Å². The molecule has 0 fully saturated rings. The minimum Gasteiger partial charge on any atom is -0.350 e. The molecule has 2 aromatic rings. The highest BCUT2D eigenvalue weighted by molar-refractivity contribution is 6.31. The molecule has 1 aliphatic heterocycles. The van der Waals surface area contributed by atoms with Gasteiger partial charge in [0.05, 0.1) is 0 Å². The van der Waals surface area contributed by atoms with Crippen LogP contribution in [0.4, 0.5) is 17.5 Å². The van der Waals surface area contributed by atoms with E-state index in [0.29, 0.717) is 12.0 Å². The molecule has 3 rings (SSSR count). The van der Waals surface area contributed by atoms with E-state index in [4.69, 9.17) is 16.6 Å². The van der Waals surface area contributed by atoms with Gasteiger partial charge in [0.15, 0.2) is 0 Å². The van der Waals surface area contributed by atoms with Gasteiger partial charge < -0.3 is 10.2 Å². The van der Waals surface area contributed by atoms with Crippen molar-refractivity contribution in [1.82, 2.24) is 9.97 Å². The Morgan fingerprint density at radius 2 is 2.22 bits per heavy atom. The molecular weight excluding hydrogens is 308 g/mol. The second-order valence-corrected chi connectivity index (χ2v) is 6.28. The Morgan fingerprint density at radius 3 is 2.96 bits per heavy atom. The zero-order valence-corrected chi connectivity index (χ0v) is 14.4. The lowest BCUT2D eigenvalue weighted by Gasteiger charge is -2.32. The summed E-state index contributed by atoms with van der Waals surface area (Å²) in [5.41, 5.74) is 3.00. The number of aromatic nitrogens is 2. The zero-order valence-electron chi connectivity index (χ0n) is 13.7. The zero-order chi connectivity index (χ0) is 16.4. The number of aryl methyl sites for hydroxylation is 1. The second-order valence-electron chi connectivity index (χ2n) is 5.87. The Labute approximate surface area is 142 Å². The molecule has 1 unspecified atom stereocenters. The minimum absolute atomic E-state index is 0.440. The molecule has 5 heteroatoms. The first kappa shape index (κ1) is 15.8. The van der Waals surface area contributed by atoms with E-state index in [9.17, 15) is 0 Å². The molecular formula is C18H21ClN4. The number of anilines is 3. The van der Waals surface area contributed by atoms with Gasteiger partial charge in [0.2, 0.25) is 5.95 Å². The summed E-state index contributed by atoms with van der Waals surface area (Å²) >= 11 is 6.18. The molecule has 1 aromatic heterocycles. The van der Waals surface area contributed by atoms with Crippen molar-refractivity contribution in [2.75, 3.05) is 16.8 Å². The summed E-state index contributed by atoms with van der Waals surface area (Å²) in [4.78, 5) is 11.4. The number of nitrogens with zero attached hydrogens (tertiary/aromatic N) is 3. The van der Waals surface area contributed by atoms with Crippen LogP contribution in [0.2, 0.25) is 5.02 Å². The average Bonchev–Trinajstić information content (AvgIpc) is 2.57. The summed E-state index contributed by atoms with van der Waals surface area (Å²) in [5, 5.41) is 3.98. The third kappa shape index (κ3) is 3.32. The Bertz CT molecular complexity index is 742. The Morgan fingerprint density at radius 1 is 1.39 bits per heavy atom. The second kappa shape index (κ2) is 6.59. The van der Waals surface area contributed by atoms with Gasteiger partial charge in [-0.05, 0) is 38.0 Å². The van der Waals surface area contributed by atoms with E-state index in [-0.39, 0.29) is 0 Å². The SMILES string of the molecule is CCC(C)N1CC=Cc2cnc(Nc3ccc(C)c(Cl)c3)nc21. The highest BCUT2D eigenvalue weighted by atomic mass is 35.5. The van der Waals surface area contributed by atoms with E-state index in [1.54, 1.807) is 0 Å². The molecule has 1 atom stereocenters. The molecule has 4 nitrogen and oxygen atoms in total. The number of fused-ring (bicyclic) bond motifs is 1. The topological polar surface area (TPSA) is 41.1 Å². The quantitative estimate of drug-likeness (QED) is 0.874. The third-order valence-electron chi connectivity index (χ3n) is 4.22. The highest BCUT2D eigenvalue weighted by Gasteiger charge is 2.20. The van der Waals surface area contributed by atoms with Crippen LogP contribution in [0.1, 0.15) is 31.4 Å². The van der Waals surface area contributed by atoms with Crippen molar-refractivity contribution < 1.29 is 0 Å². The molecule has 0 aliphatic carbocycles. The van der Waals surface area contributed by atoms with E-state index < -0.39 is 0 Å². The smallest absolute Gasteiger partial charge is 0.229 e. The Kier molecular flexibility index (Phi) is 4.53. The first-order chi connectivity index (χ1) is 11.1. The van der Waals surface area contributed by atoms with Crippen LogP contribution in [0.5, 0.6) is 0 Å². The summed E-state index contributed by atoms with van der Waals surface area (Å²) in [6.45, 7) is 7.28. The summed E-state index contributed by atoms with van der Waals surface area (Å²) in [6.07, 6.45) is 7.19. The van der Waals surface area contributed by atoms with Crippen LogP contribution in [0.25, 0.3) is 6.08 Å². The van der Waals surface area contributed by atoms with Crippen molar-refractivity contribution in [1.29, 1.82) is 0 Å². The number of rotatable bonds is 4. The minimum atomic E-state index is 0.440. The van der Waals surface area contributed by atoms with E-state index in [2.05, 4.69) is 41.2 Å². The van der Waals surface area contributed by atoms with Crippen molar-refractivity contribution in [2.45, 2.75) is 33.2 Å². The number of hydrogen-bond donors (Lipinski definition) is 1. The van der Waals surface area contributed by atoms with Crippen molar-refractivity contribution in [3.8, 4) is 0 Å². The summed E-state index contributed by atoms with van der Waals surface area (Å²) < 4.78 is 0. The highest BCUT2D eigenvalue weighted by Crippen LogP contribution is 2.28. The van der Waals surface area contributed by atoms with Crippen LogP contribution in [0.15, 0.2) is 30.5 Å². The standard InChI is InChI=1S/C18H21ClN4/c1-4-13(3)23-9-5-6-14-11-20-18(22-17(14)23)21-15-8-7-12(2)16(19)10-15/h5-8,10-11,13H,4,9H2,1-3H3,(H,20,21,22). The number of benzene rings is 1. The maximum atomic E-state index is 6.18. The van der Waals surface area contributed by atoms with Gasteiger partial charge in [0.1, 0.15) is 5.82 Å².